The number of hydrogen-bond acceptors (Lipinski definition) is 7. The smallest absolute Gasteiger partial charge is 0.308 e. The molecule has 2 aromatic carbocycles. The average molecular weight is 392 g/mol. The third-order valence-corrected chi connectivity index (χ3v) is 4.85. The van der Waals surface area contributed by atoms with Gasteiger partial charge in [0.25, 0.3) is 0 Å². The maximum Gasteiger partial charge on any atom is 0.308 e. The first-order valence-corrected chi connectivity index (χ1v) is 9.14. The van der Waals surface area contributed by atoms with Crippen LogP contribution in [0.3, 0.4) is 0 Å². The number of benzene rings is 2. The molecule has 0 radical (unpaired) electrons. The van der Waals surface area contributed by atoms with Gasteiger partial charge in [0.15, 0.2) is 11.5 Å². The molecule has 0 spiro atoms. The minimum atomic E-state index is -1.61. The van der Waals surface area contributed by atoms with E-state index in [4.69, 9.17) is 18.6 Å². The molecular weight excluding hydrogens is 375 g/mol. The zero-order valence-electron chi connectivity index (χ0n) is 14.9. The first kappa shape index (κ1) is 18.8. The lowest BCUT2D eigenvalue weighted by molar-refractivity contribution is 0.324. The van der Waals surface area contributed by atoms with Crippen molar-refractivity contribution in [2.24, 2.45) is 0 Å². The second-order valence-corrected chi connectivity index (χ2v) is 6.74. The minimum absolute atomic E-state index is 0.0528. The number of methoxy groups -OCH3 is 3. The standard InChI is InChI=1S/C18H17FN2O5S/c1-23-14-8-12(9-15(24-2)16(14)25-3)17-20-21-18(26-17)27(22)10-11-5-4-6-13(19)7-11/h4-9H,10H2,1-3H3. The van der Waals surface area contributed by atoms with Gasteiger partial charge in [-0.05, 0) is 29.8 Å². The lowest BCUT2D eigenvalue weighted by atomic mass is 10.2. The normalized spacial score (nSPS) is 11.9. The number of hydrogen-bond donors (Lipinski definition) is 0. The Kier molecular flexibility index (Phi) is 5.70. The van der Waals surface area contributed by atoms with E-state index >= 15 is 0 Å². The summed E-state index contributed by atoms with van der Waals surface area (Å²) in [6.45, 7) is 0. The fraction of sp³-hybridized carbons (Fsp3) is 0.222. The Labute approximate surface area is 157 Å². The zero-order valence-corrected chi connectivity index (χ0v) is 15.7. The summed E-state index contributed by atoms with van der Waals surface area (Å²) in [4.78, 5) is 0. The van der Waals surface area contributed by atoms with Crippen LogP contribution < -0.4 is 14.2 Å². The van der Waals surface area contributed by atoms with Gasteiger partial charge in [0.2, 0.25) is 11.6 Å². The fourth-order valence-corrected chi connectivity index (χ4v) is 3.37. The summed E-state index contributed by atoms with van der Waals surface area (Å²) in [6, 6.07) is 9.16. The van der Waals surface area contributed by atoms with Gasteiger partial charge in [-0.15, -0.1) is 5.10 Å². The quantitative estimate of drug-likeness (QED) is 0.610. The molecule has 0 saturated carbocycles. The highest BCUT2D eigenvalue weighted by molar-refractivity contribution is 7.84. The first-order chi connectivity index (χ1) is 13.0. The summed E-state index contributed by atoms with van der Waals surface area (Å²) < 4.78 is 47.1. The van der Waals surface area contributed by atoms with Gasteiger partial charge >= 0.3 is 5.22 Å². The zero-order chi connectivity index (χ0) is 19.4. The van der Waals surface area contributed by atoms with Crippen LogP contribution in [0.2, 0.25) is 0 Å². The molecule has 1 aromatic heterocycles. The van der Waals surface area contributed by atoms with Gasteiger partial charge in [-0.2, -0.15) is 0 Å². The molecule has 0 aliphatic carbocycles. The number of nitrogens with zero attached hydrogens (tertiary/aromatic N) is 2. The molecule has 0 bridgehead atoms. The van der Waals surface area contributed by atoms with Crippen LogP contribution >= 0.6 is 0 Å². The molecular formula is C18H17FN2O5S. The summed E-state index contributed by atoms with van der Waals surface area (Å²) in [7, 11) is 2.88. The number of ether oxygens (including phenoxy) is 3. The minimum Gasteiger partial charge on any atom is -0.493 e. The van der Waals surface area contributed by atoms with Crippen molar-refractivity contribution in [2.45, 2.75) is 11.0 Å². The summed E-state index contributed by atoms with van der Waals surface area (Å²) in [5.41, 5.74) is 1.09. The molecule has 0 fully saturated rings. The van der Waals surface area contributed by atoms with Crippen LogP contribution in [0.15, 0.2) is 46.0 Å². The van der Waals surface area contributed by atoms with Crippen molar-refractivity contribution in [1.29, 1.82) is 0 Å². The third kappa shape index (κ3) is 4.08. The van der Waals surface area contributed by atoms with E-state index in [0.717, 1.165) is 0 Å². The second-order valence-electron chi connectivity index (χ2n) is 5.41. The molecule has 7 nitrogen and oxygen atoms in total. The van der Waals surface area contributed by atoms with Crippen molar-refractivity contribution in [3.8, 4) is 28.7 Å². The molecule has 3 rings (SSSR count). The van der Waals surface area contributed by atoms with Gasteiger partial charge in [-0.1, -0.05) is 17.2 Å². The van der Waals surface area contributed by atoms with Crippen molar-refractivity contribution in [3.63, 3.8) is 0 Å². The Morgan fingerprint density at radius 1 is 1.04 bits per heavy atom. The van der Waals surface area contributed by atoms with Crippen LogP contribution in [0.25, 0.3) is 11.5 Å². The maximum atomic E-state index is 13.3. The highest BCUT2D eigenvalue weighted by Gasteiger charge is 2.19. The van der Waals surface area contributed by atoms with E-state index in [1.165, 1.54) is 33.5 Å². The summed E-state index contributed by atoms with van der Waals surface area (Å²) in [6.07, 6.45) is 0. The third-order valence-electron chi connectivity index (χ3n) is 3.70. The monoisotopic (exact) mass is 392 g/mol. The molecule has 0 aliphatic rings. The molecule has 1 atom stereocenters. The fourth-order valence-electron chi connectivity index (χ4n) is 2.46. The van der Waals surface area contributed by atoms with Gasteiger partial charge in [-0.3, -0.25) is 0 Å². The average Bonchev–Trinajstić information content (AvgIpc) is 3.17. The highest BCUT2D eigenvalue weighted by atomic mass is 32.2. The molecule has 3 aromatic rings. The number of halogens is 1. The SMILES string of the molecule is COc1cc(-c2nnc(S(=O)Cc3cccc(F)c3)o2)cc(OC)c1OC. The van der Waals surface area contributed by atoms with Crippen LogP contribution in [0.5, 0.6) is 17.2 Å². The van der Waals surface area contributed by atoms with E-state index in [0.29, 0.717) is 28.4 Å². The Morgan fingerprint density at radius 2 is 1.74 bits per heavy atom. The lowest BCUT2D eigenvalue weighted by Gasteiger charge is -2.12. The van der Waals surface area contributed by atoms with E-state index in [9.17, 15) is 8.60 Å². The molecule has 0 N–H and O–H groups in total. The number of rotatable bonds is 7. The largest absolute Gasteiger partial charge is 0.493 e. The Bertz CT molecular complexity index is 951. The maximum absolute atomic E-state index is 13.3. The lowest BCUT2D eigenvalue weighted by Crippen LogP contribution is -1.97. The van der Waals surface area contributed by atoms with Crippen LogP contribution in [0.1, 0.15) is 5.56 Å². The summed E-state index contributed by atoms with van der Waals surface area (Å²) in [5.74, 6) is 1.09. The molecule has 27 heavy (non-hydrogen) atoms. The van der Waals surface area contributed by atoms with Gasteiger partial charge in [0.1, 0.15) is 16.6 Å². The van der Waals surface area contributed by atoms with E-state index in [1.54, 1.807) is 24.3 Å². The van der Waals surface area contributed by atoms with Gasteiger partial charge in [0, 0.05) is 5.56 Å². The van der Waals surface area contributed by atoms with Crippen molar-refractivity contribution in [1.82, 2.24) is 10.2 Å². The predicted molar refractivity (Wildman–Crippen MR) is 95.9 cm³/mol. The Hall–Kier alpha value is -2.94. The van der Waals surface area contributed by atoms with E-state index in [-0.39, 0.29) is 16.9 Å². The Morgan fingerprint density at radius 3 is 2.33 bits per heavy atom. The van der Waals surface area contributed by atoms with Crippen molar-refractivity contribution < 1.29 is 27.2 Å². The van der Waals surface area contributed by atoms with Crippen molar-refractivity contribution in [3.05, 3.63) is 47.8 Å². The van der Waals surface area contributed by atoms with Crippen LogP contribution in [0.4, 0.5) is 4.39 Å². The molecule has 142 valence electrons. The van der Waals surface area contributed by atoms with Crippen molar-refractivity contribution in [2.75, 3.05) is 21.3 Å². The summed E-state index contributed by atoms with van der Waals surface area (Å²) in [5, 5.41) is 7.73. The van der Waals surface area contributed by atoms with E-state index in [2.05, 4.69) is 10.2 Å². The van der Waals surface area contributed by atoms with Crippen LogP contribution in [-0.4, -0.2) is 35.7 Å². The van der Waals surface area contributed by atoms with E-state index in [1.807, 2.05) is 0 Å². The van der Waals surface area contributed by atoms with Crippen LogP contribution in [0, 0.1) is 5.82 Å². The van der Waals surface area contributed by atoms with Crippen molar-refractivity contribution >= 4 is 10.8 Å². The van der Waals surface area contributed by atoms with Gasteiger partial charge in [0.05, 0.1) is 27.1 Å². The molecule has 0 amide bonds. The highest BCUT2D eigenvalue weighted by Crippen LogP contribution is 2.40. The first-order valence-electron chi connectivity index (χ1n) is 7.82. The Balaban J connectivity index is 1.88. The van der Waals surface area contributed by atoms with Gasteiger partial charge in [-0.25, -0.2) is 8.60 Å². The number of aromatic nitrogens is 2. The van der Waals surface area contributed by atoms with E-state index < -0.39 is 16.6 Å². The molecule has 1 heterocycles. The molecule has 0 aliphatic heterocycles. The van der Waals surface area contributed by atoms with Gasteiger partial charge < -0.3 is 18.6 Å². The molecule has 0 saturated heterocycles. The van der Waals surface area contributed by atoms with Crippen LogP contribution in [-0.2, 0) is 16.6 Å². The second kappa shape index (κ2) is 8.17. The topological polar surface area (TPSA) is 83.7 Å². The summed E-state index contributed by atoms with van der Waals surface area (Å²) >= 11 is 0. The predicted octanol–water partition coefficient (Wildman–Crippen LogP) is 3.21. The molecule has 1 unspecified atom stereocenters. The molecule has 9 heteroatoms.